The smallest absolute Gasteiger partial charge is 0.136 e. The van der Waals surface area contributed by atoms with Crippen molar-refractivity contribution < 1.29 is 4.79 Å². The summed E-state index contributed by atoms with van der Waals surface area (Å²) in [5.74, 6) is 0.822. The standard InChI is InChI=1S/C11H21NO/c1-2-3-4-5-10-6-7-11(9-13)12-8-10/h9-12H,2-8H2,1H3. The van der Waals surface area contributed by atoms with Crippen molar-refractivity contribution in [3.63, 3.8) is 0 Å². The third kappa shape index (κ3) is 3.90. The molecule has 2 nitrogen and oxygen atoms in total. The van der Waals surface area contributed by atoms with Gasteiger partial charge in [0.1, 0.15) is 6.29 Å². The lowest BCUT2D eigenvalue weighted by atomic mass is 9.91. The predicted octanol–water partition coefficient (Wildman–Crippen LogP) is 2.13. The lowest BCUT2D eigenvalue weighted by molar-refractivity contribution is -0.110. The summed E-state index contributed by atoms with van der Waals surface area (Å²) in [5.41, 5.74) is 0. The lowest BCUT2D eigenvalue weighted by Crippen LogP contribution is -2.39. The highest BCUT2D eigenvalue weighted by Gasteiger charge is 2.18. The van der Waals surface area contributed by atoms with E-state index in [1.54, 1.807) is 0 Å². The fourth-order valence-electron chi connectivity index (χ4n) is 1.98. The summed E-state index contributed by atoms with van der Waals surface area (Å²) < 4.78 is 0. The Labute approximate surface area is 81.1 Å². The van der Waals surface area contributed by atoms with Crippen molar-refractivity contribution in [2.75, 3.05) is 6.54 Å². The van der Waals surface area contributed by atoms with Crippen LogP contribution in [0, 0.1) is 5.92 Å². The number of carbonyl (C=O) groups is 1. The number of rotatable bonds is 5. The predicted molar refractivity (Wildman–Crippen MR) is 54.7 cm³/mol. The number of unbranched alkanes of at least 4 members (excludes halogenated alkanes) is 2. The lowest BCUT2D eigenvalue weighted by Gasteiger charge is -2.26. The maximum Gasteiger partial charge on any atom is 0.136 e. The summed E-state index contributed by atoms with van der Waals surface area (Å²) in [5, 5.41) is 3.28. The van der Waals surface area contributed by atoms with Gasteiger partial charge in [0.2, 0.25) is 0 Å². The molecular formula is C11H21NO. The minimum atomic E-state index is 0.141. The zero-order valence-corrected chi connectivity index (χ0v) is 8.59. The van der Waals surface area contributed by atoms with E-state index in [0.29, 0.717) is 0 Å². The fourth-order valence-corrected chi connectivity index (χ4v) is 1.98. The average molecular weight is 183 g/mol. The molecule has 1 heterocycles. The van der Waals surface area contributed by atoms with Crippen molar-refractivity contribution in [2.45, 2.75) is 51.5 Å². The van der Waals surface area contributed by atoms with Crippen LogP contribution in [0.25, 0.3) is 0 Å². The van der Waals surface area contributed by atoms with Crippen LogP contribution in [-0.4, -0.2) is 18.9 Å². The molecule has 0 radical (unpaired) electrons. The zero-order chi connectivity index (χ0) is 9.52. The highest BCUT2D eigenvalue weighted by atomic mass is 16.1. The Morgan fingerprint density at radius 1 is 1.38 bits per heavy atom. The van der Waals surface area contributed by atoms with Gasteiger partial charge in [0, 0.05) is 0 Å². The monoisotopic (exact) mass is 183 g/mol. The highest BCUT2D eigenvalue weighted by molar-refractivity contribution is 5.57. The minimum absolute atomic E-state index is 0.141. The van der Waals surface area contributed by atoms with Crippen LogP contribution >= 0.6 is 0 Å². The first kappa shape index (κ1) is 10.7. The number of nitrogens with one attached hydrogen (secondary N) is 1. The van der Waals surface area contributed by atoms with Crippen LogP contribution in [0.2, 0.25) is 0 Å². The van der Waals surface area contributed by atoms with Crippen molar-refractivity contribution >= 4 is 6.29 Å². The van der Waals surface area contributed by atoms with Gasteiger partial charge in [0.25, 0.3) is 0 Å². The van der Waals surface area contributed by atoms with Gasteiger partial charge in [-0.15, -0.1) is 0 Å². The summed E-state index contributed by atoms with van der Waals surface area (Å²) in [6, 6.07) is 0.141. The molecule has 0 spiro atoms. The summed E-state index contributed by atoms with van der Waals surface area (Å²) >= 11 is 0. The maximum atomic E-state index is 10.5. The third-order valence-electron chi connectivity index (χ3n) is 2.93. The van der Waals surface area contributed by atoms with Gasteiger partial charge >= 0.3 is 0 Å². The van der Waals surface area contributed by atoms with Gasteiger partial charge in [-0.05, 0) is 31.7 Å². The summed E-state index contributed by atoms with van der Waals surface area (Å²) in [6.07, 6.45) is 8.68. The van der Waals surface area contributed by atoms with Crippen LogP contribution < -0.4 is 5.32 Å². The second-order valence-corrected chi connectivity index (χ2v) is 4.09. The molecule has 1 aliphatic heterocycles. The second kappa shape index (κ2) is 6.14. The van der Waals surface area contributed by atoms with Crippen molar-refractivity contribution in [1.29, 1.82) is 0 Å². The molecule has 2 unspecified atom stereocenters. The first-order chi connectivity index (χ1) is 6.36. The van der Waals surface area contributed by atoms with Gasteiger partial charge in [0.15, 0.2) is 0 Å². The molecule has 1 saturated heterocycles. The van der Waals surface area contributed by atoms with E-state index < -0.39 is 0 Å². The first-order valence-electron chi connectivity index (χ1n) is 5.55. The highest BCUT2D eigenvalue weighted by Crippen LogP contribution is 2.19. The molecular weight excluding hydrogens is 162 g/mol. The third-order valence-corrected chi connectivity index (χ3v) is 2.93. The molecule has 1 rings (SSSR count). The van der Waals surface area contributed by atoms with E-state index in [0.717, 1.165) is 25.2 Å². The summed E-state index contributed by atoms with van der Waals surface area (Å²) in [7, 11) is 0. The molecule has 2 atom stereocenters. The number of hydrogen-bond acceptors (Lipinski definition) is 2. The normalized spacial score (nSPS) is 28.7. The van der Waals surface area contributed by atoms with Gasteiger partial charge in [-0.2, -0.15) is 0 Å². The molecule has 0 aromatic rings. The van der Waals surface area contributed by atoms with Crippen LogP contribution in [0.15, 0.2) is 0 Å². The van der Waals surface area contributed by atoms with Crippen molar-refractivity contribution in [2.24, 2.45) is 5.92 Å². The second-order valence-electron chi connectivity index (χ2n) is 4.09. The Morgan fingerprint density at radius 2 is 2.23 bits per heavy atom. The average Bonchev–Trinajstić information content (AvgIpc) is 2.19. The fraction of sp³-hybridized carbons (Fsp3) is 0.909. The van der Waals surface area contributed by atoms with E-state index >= 15 is 0 Å². The number of carbonyl (C=O) groups excluding carboxylic acids is 1. The molecule has 1 N–H and O–H groups in total. The van der Waals surface area contributed by atoms with Crippen molar-refractivity contribution in [1.82, 2.24) is 5.32 Å². The molecule has 13 heavy (non-hydrogen) atoms. The van der Waals surface area contributed by atoms with Gasteiger partial charge in [-0.1, -0.05) is 26.2 Å². The van der Waals surface area contributed by atoms with Gasteiger partial charge < -0.3 is 10.1 Å². The molecule has 0 aromatic carbocycles. The Hall–Kier alpha value is -0.370. The molecule has 2 heteroatoms. The number of aldehydes is 1. The molecule has 0 bridgehead atoms. The quantitative estimate of drug-likeness (QED) is 0.522. The number of hydrogen-bond donors (Lipinski definition) is 1. The van der Waals surface area contributed by atoms with E-state index in [-0.39, 0.29) is 6.04 Å². The summed E-state index contributed by atoms with van der Waals surface area (Å²) in [6.45, 7) is 3.29. The molecule has 0 aromatic heterocycles. The first-order valence-corrected chi connectivity index (χ1v) is 5.55. The Balaban J connectivity index is 2.07. The molecule has 0 aliphatic carbocycles. The van der Waals surface area contributed by atoms with Gasteiger partial charge in [-0.3, -0.25) is 0 Å². The molecule has 0 amide bonds. The van der Waals surface area contributed by atoms with Crippen LogP contribution in [0.3, 0.4) is 0 Å². The van der Waals surface area contributed by atoms with Crippen molar-refractivity contribution in [3.8, 4) is 0 Å². The Bertz CT molecular complexity index is 139. The minimum Gasteiger partial charge on any atom is -0.307 e. The van der Waals surface area contributed by atoms with E-state index in [4.69, 9.17) is 0 Å². The zero-order valence-electron chi connectivity index (χ0n) is 8.59. The van der Waals surface area contributed by atoms with E-state index in [1.165, 1.54) is 32.1 Å². The Morgan fingerprint density at radius 3 is 2.77 bits per heavy atom. The SMILES string of the molecule is CCCCCC1CCC(C=O)NC1. The summed E-state index contributed by atoms with van der Waals surface area (Å²) in [4.78, 5) is 10.5. The van der Waals surface area contributed by atoms with E-state index in [2.05, 4.69) is 12.2 Å². The Kier molecular flexibility index (Phi) is 5.06. The maximum absolute atomic E-state index is 10.5. The van der Waals surface area contributed by atoms with Crippen molar-refractivity contribution in [3.05, 3.63) is 0 Å². The van der Waals surface area contributed by atoms with Crippen LogP contribution in [0.4, 0.5) is 0 Å². The van der Waals surface area contributed by atoms with Crippen LogP contribution in [0.5, 0.6) is 0 Å². The topological polar surface area (TPSA) is 29.1 Å². The molecule has 1 fully saturated rings. The molecule has 76 valence electrons. The van der Waals surface area contributed by atoms with E-state index in [9.17, 15) is 4.79 Å². The van der Waals surface area contributed by atoms with Crippen LogP contribution in [0.1, 0.15) is 45.4 Å². The number of piperidine rings is 1. The van der Waals surface area contributed by atoms with Gasteiger partial charge in [-0.25, -0.2) is 0 Å². The van der Waals surface area contributed by atoms with E-state index in [1.807, 2.05) is 0 Å². The largest absolute Gasteiger partial charge is 0.307 e. The van der Waals surface area contributed by atoms with Gasteiger partial charge in [0.05, 0.1) is 6.04 Å². The molecule has 1 aliphatic rings. The van der Waals surface area contributed by atoms with Crippen LogP contribution in [-0.2, 0) is 4.79 Å². The molecule has 0 saturated carbocycles.